The van der Waals surface area contributed by atoms with Gasteiger partial charge in [0.2, 0.25) is 0 Å². The third-order valence-corrected chi connectivity index (χ3v) is 2.65. The maximum absolute atomic E-state index is 5.49. The fourth-order valence-electron chi connectivity index (χ4n) is 1.56. The number of methoxy groups -OCH3 is 2. The van der Waals surface area contributed by atoms with E-state index >= 15 is 0 Å². The highest BCUT2D eigenvalue weighted by Gasteiger charge is 2.21. The van der Waals surface area contributed by atoms with Gasteiger partial charge >= 0.3 is 0 Å². The summed E-state index contributed by atoms with van der Waals surface area (Å²) in [6.07, 6.45) is 2.27. The molecule has 0 aliphatic heterocycles. The summed E-state index contributed by atoms with van der Waals surface area (Å²) < 4.78 is 10.4. The number of aliphatic imine (C=N–C) groups is 1. The van der Waals surface area contributed by atoms with Gasteiger partial charge in [0.25, 0.3) is 0 Å². The van der Waals surface area contributed by atoms with Crippen LogP contribution in [0.4, 0.5) is 0 Å². The molecule has 1 fully saturated rings. The lowest BCUT2D eigenvalue weighted by molar-refractivity contribution is 0.355. The molecule has 1 aliphatic rings. The lowest BCUT2D eigenvalue weighted by atomic mass is 10.2. The standard InChI is InChI=1S/C12H17N3O2/c1-16-10-6-3-8(7-11(10)17-2)12(15-13)14-9-4-5-9/h3,6-7,9H,4-5,13H2,1-2H3,(H,14,15). The average molecular weight is 235 g/mol. The van der Waals surface area contributed by atoms with E-state index in [0.29, 0.717) is 23.4 Å². The number of nitrogens with one attached hydrogen (secondary N) is 1. The van der Waals surface area contributed by atoms with Crippen LogP contribution in [-0.2, 0) is 0 Å². The van der Waals surface area contributed by atoms with Gasteiger partial charge in [0.1, 0.15) is 5.84 Å². The number of amidine groups is 1. The molecule has 3 N–H and O–H groups in total. The van der Waals surface area contributed by atoms with Gasteiger partial charge in [-0.3, -0.25) is 4.99 Å². The molecule has 5 nitrogen and oxygen atoms in total. The minimum Gasteiger partial charge on any atom is -0.493 e. The second kappa shape index (κ2) is 5.05. The summed E-state index contributed by atoms with van der Waals surface area (Å²) in [5.41, 5.74) is 3.53. The van der Waals surface area contributed by atoms with Crippen LogP contribution in [-0.4, -0.2) is 26.1 Å². The summed E-state index contributed by atoms with van der Waals surface area (Å²) in [5, 5.41) is 0. The molecule has 0 aromatic heterocycles. The van der Waals surface area contributed by atoms with Crippen LogP contribution in [0.3, 0.4) is 0 Å². The van der Waals surface area contributed by atoms with E-state index in [0.717, 1.165) is 18.4 Å². The van der Waals surface area contributed by atoms with Gasteiger partial charge in [0.15, 0.2) is 11.5 Å². The molecule has 1 aromatic rings. The van der Waals surface area contributed by atoms with E-state index in [9.17, 15) is 0 Å². The Morgan fingerprint density at radius 1 is 1.29 bits per heavy atom. The zero-order chi connectivity index (χ0) is 12.3. The highest BCUT2D eigenvalue weighted by Crippen LogP contribution is 2.29. The second-order valence-electron chi connectivity index (χ2n) is 3.92. The molecule has 17 heavy (non-hydrogen) atoms. The molecule has 0 bridgehead atoms. The van der Waals surface area contributed by atoms with Crippen LogP contribution in [0.1, 0.15) is 18.4 Å². The van der Waals surface area contributed by atoms with Gasteiger partial charge in [-0.05, 0) is 31.0 Å². The van der Waals surface area contributed by atoms with Crippen molar-refractivity contribution in [2.24, 2.45) is 10.8 Å². The Kier molecular flexibility index (Phi) is 3.49. The fourth-order valence-corrected chi connectivity index (χ4v) is 1.56. The molecule has 0 radical (unpaired) electrons. The van der Waals surface area contributed by atoms with Crippen molar-refractivity contribution in [1.29, 1.82) is 0 Å². The zero-order valence-electron chi connectivity index (χ0n) is 10.1. The van der Waals surface area contributed by atoms with Crippen molar-refractivity contribution in [2.45, 2.75) is 18.9 Å². The van der Waals surface area contributed by atoms with Gasteiger partial charge in [0.05, 0.1) is 20.3 Å². The number of hydrogen-bond donors (Lipinski definition) is 2. The molecule has 0 heterocycles. The van der Waals surface area contributed by atoms with Gasteiger partial charge in [-0.25, -0.2) is 5.84 Å². The van der Waals surface area contributed by atoms with Crippen LogP contribution < -0.4 is 20.7 Å². The lowest BCUT2D eigenvalue weighted by Crippen LogP contribution is -2.31. The second-order valence-corrected chi connectivity index (χ2v) is 3.92. The maximum Gasteiger partial charge on any atom is 0.161 e. The number of benzene rings is 1. The minimum absolute atomic E-state index is 0.411. The van der Waals surface area contributed by atoms with E-state index in [-0.39, 0.29) is 0 Å². The van der Waals surface area contributed by atoms with Gasteiger partial charge in [-0.1, -0.05) is 0 Å². The first-order valence-corrected chi connectivity index (χ1v) is 5.55. The minimum atomic E-state index is 0.411. The largest absolute Gasteiger partial charge is 0.493 e. The Balaban J connectivity index is 2.30. The Morgan fingerprint density at radius 3 is 2.53 bits per heavy atom. The van der Waals surface area contributed by atoms with Gasteiger partial charge < -0.3 is 14.9 Å². The van der Waals surface area contributed by atoms with E-state index in [4.69, 9.17) is 15.3 Å². The van der Waals surface area contributed by atoms with Crippen molar-refractivity contribution in [3.63, 3.8) is 0 Å². The highest BCUT2D eigenvalue weighted by molar-refractivity contribution is 5.99. The molecule has 0 spiro atoms. The molecular weight excluding hydrogens is 218 g/mol. The van der Waals surface area contributed by atoms with Crippen molar-refractivity contribution >= 4 is 5.84 Å². The van der Waals surface area contributed by atoms with Crippen molar-refractivity contribution in [3.8, 4) is 11.5 Å². The number of hydrazine groups is 1. The third kappa shape index (κ3) is 2.68. The van der Waals surface area contributed by atoms with E-state index in [1.807, 2.05) is 18.2 Å². The number of nitrogens with two attached hydrogens (primary N) is 1. The molecule has 2 rings (SSSR count). The molecule has 1 aromatic carbocycles. The van der Waals surface area contributed by atoms with E-state index in [1.54, 1.807) is 14.2 Å². The highest BCUT2D eigenvalue weighted by atomic mass is 16.5. The molecule has 1 saturated carbocycles. The van der Waals surface area contributed by atoms with Crippen molar-refractivity contribution < 1.29 is 9.47 Å². The Hall–Kier alpha value is -1.75. The zero-order valence-corrected chi connectivity index (χ0v) is 10.1. The maximum atomic E-state index is 5.49. The van der Waals surface area contributed by atoms with Gasteiger partial charge in [0, 0.05) is 5.56 Å². The van der Waals surface area contributed by atoms with Crippen LogP contribution in [0.2, 0.25) is 0 Å². The molecule has 1 aliphatic carbocycles. The number of hydrogen-bond acceptors (Lipinski definition) is 4. The van der Waals surface area contributed by atoms with Crippen LogP contribution in [0.25, 0.3) is 0 Å². The predicted octanol–water partition coefficient (Wildman–Crippen LogP) is 1.08. The topological polar surface area (TPSA) is 68.9 Å². The third-order valence-electron chi connectivity index (χ3n) is 2.65. The molecule has 92 valence electrons. The molecule has 0 saturated heterocycles. The smallest absolute Gasteiger partial charge is 0.161 e. The average Bonchev–Trinajstić information content (AvgIpc) is 3.19. The summed E-state index contributed by atoms with van der Waals surface area (Å²) in [5.74, 6) is 7.54. The summed E-state index contributed by atoms with van der Waals surface area (Å²) in [4.78, 5) is 4.49. The molecular formula is C12H17N3O2. The quantitative estimate of drug-likeness (QED) is 0.354. The number of ether oxygens (including phenoxy) is 2. The summed E-state index contributed by atoms with van der Waals surface area (Å²) in [6, 6.07) is 6.02. The number of nitrogens with zero attached hydrogens (tertiary/aromatic N) is 1. The number of rotatable bonds is 4. The SMILES string of the molecule is COc1ccc(C(=NC2CC2)NN)cc1OC. The molecule has 0 atom stereocenters. The van der Waals surface area contributed by atoms with Crippen LogP contribution >= 0.6 is 0 Å². The van der Waals surface area contributed by atoms with E-state index in [1.165, 1.54) is 0 Å². The monoisotopic (exact) mass is 235 g/mol. The van der Waals surface area contributed by atoms with Crippen LogP contribution in [0.5, 0.6) is 11.5 Å². The van der Waals surface area contributed by atoms with E-state index < -0.39 is 0 Å². The summed E-state index contributed by atoms with van der Waals surface area (Å²) in [7, 11) is 3.22. The van der Waals surface area contributed by atoms with E-state index in [2.05, 4.69) is 10.4 Å². The van der Waals surface area contributed by atoms with Gasteiger partial charge in [-0.15, -0.1) is 0 Å². The van der Waals surface area contributed by atoms with Crippen molar-refractivity contribution in [1.82, 2.24) is 5.43 Å². The van der Waals surface area contributed by atoms with Crippen molar-refractivity contribution in [2.75, 3.05) is 14.2 Å². The summed E-state index contributed by atoms with van der Waals surface area (Å²) >= 11 is 0. The van der Waals surface area contributed by atoms with Gasteiger partial charge in [-0.2, -0.15) is 0 Å². The molecule has 0 amide bonds. The first-order valence-electron chi connectivity index (χ1n) is 5.55. The van der Waals surface area contributed by atoms with Crippen molar-refractivity contribution in [3.05, 3.63) is 23.8 Å². The first kappa shape index (κ1) is 11.7. The van der Waals surface area contributed by atoms with Crippen LogP contribution in [0.15, 0.2) is 23.2 Å². The predicted molar refractivity (Wildman–Crippen MR) is 66.4 cm³/mol. The Bertz CT molecular complexity index is 428. The fraction of sp³-hybridized carbons (Fsp3) is 0.417. The van der Waals surface area contributed by atoms with Crippen LogP contribution in [0, 0.1) is 0 Å². The molecule has 5 heteroatoms. The lowest BCUT2D eigenvalue weighted by Gasteiger charge is -2.11. The Labute approximate surface area is 101 Å². The first-order chi connectivity index (χ1) is 8.28. The summed E-state index contributed by atoms with van der Waals surface area (Å²) in [6.45, 7) is 0. The normalized spacial score (nSPS) is 15.6. The molecule has 0 unspecified atom stereocenters. The Morgan fingerprint density at radius 2 is 2.00 bits per heavy atom.